The second kappa shape index (κ2) is 5.14. The summed E-state index contributed by atoms with van der Waals surface area (Å²) in [5.74, 6) is 0.172. The van der Waals surface area contributed by atoms with Crippen LogP contribution in [0.15, 0.2) is 18.6 Å². The van der Waals surface area contributed by atoms with Gasteiger partial charge < -0.3 is 5.32 Å². The van der Waals surface area contributed by atoms with Crippen LogP contribution < -0.4 is 5.32 Å². The van der Waals surface area contributed by atoms with Gasteiger partial charge in [0.15, 0.2) is 5.78 Å². The van der Waals surface area contributed by atoms with Crippen molar-refractivity contribution in [2.24, 2.45) is 5.41 Å². The Bertz CT molecular complexity index is 416. The summed E-state index contributed by atoms with van der Waals surface area (Å²) in [7, 11) is 1.87. The Morgan fingerprint density at radius 3 is 2.83 bits per heavy atom. The maximum Gasteiger partial charge on any atom is 0.159 e. The van der Waals surface area contributed by atoms with E-state index in [2.05, 4.69) is 29.1 Å². The van der Waals surface area contributed by atoms with Crippen LogP contribution in [0.1, 0.15) is 44.7 Å². The minimum absolute atomic E-state index is 0.00755. The molecule has 4 heteroatoms. The zero-order valence-corrected chi connectivity index (χ0v) is 11.3. The largest absolute Gasteiger partial charge is 0.310 e. The van der Waals surface area contributed by atoms with Crippen LogP contribution in [0.2, 0.25) is 0 Å². The minimum atomic E-state index is -0.0973. The zero-order chi connectivity index (χ0) is 13.2. The molecule has 98 valence electrons. The first-order chi connectivity index (χ1) is 8.56. The number of rotatable bonds is 2. The lowest BCUT2D eigenvalue weighted by Gasteiger charge is -2.32. The highest BCUT2D eigenvalue weighted by Crippen LogP contribution is 2.37. The molecule has 1 aromatic heterocycles. The molecule has 1 heterocycles. The van der Waals surface area contributed by atoms with E-state index in [0.717, 1.165) is 25.0 Å². The van der Waals surface area contributed by atoms with Crippen LogP contribution in [-0.4, -0.2) is 28.8 Å². The number of Topliss-reactive ketones (excluding diaryl/α,β-unsaturated/α-hetero) is 1. The lowest BCUT2D eigenvalue weighted by molar-refractivity contribution is -0.124. The number of likely N-dealkylation sites (N-methyl/N-ethyl adjacent to an activating group) is 1. The van der Waals surface area contributed by atoms with Crippen LogP contribution in [-0.2, 0) is 4.79 Å². The van der Waals surface area contributed by atoms with E-state index in [1.165, 1.54) is 6.33 Å². The van der Waals surface area contributed by atoms with Gasteiger partial charge in [-0.05, 0) is 31.4 Å². The lowest BCUT2D eigenvalue weighted by atomic mass is 9.79. The molecule has 2 rings (SSSR count). The summed E-state index contributed by atoms with van der Waals surface area (Å²) >= 11 is 0. The van der Waals surface area contributed by atoms with Crippen LogP contribution in [0.3, 0.4) is 0 Å². The summed E-state index contributed by atoms with van der Waals surface area (Å²) in [5, 5.41) is 3.19. The SMILES string of the molecule is CNC1C(=O)C(c2ccncn2)CCCC1(C)C. The van der Waals surface area contributed by atoms with E-state index >= 15 is 0 Å². The molecule has 2 atom stereocenters. The van der Waals surface area contributed by atoms with Gasteiger partial charge in [-0.1, -0.05) is 20.3 Å². The summed E-state index contributed by atoms with van der Waals surface area (Å²) in [5.41, 5.74) is 0.862. The van der Waals surface area contributed by atoms with Gasteiger partial charge in [-0.25, -0.2) is 9.97 Å². The van der Waals surface area contributed by atoms with Crippen molar-refractivity contribution in [2.45, 2.75) is 45.1 Å². The van der Waals surface area contributed by atoms with E-state index in [1.807, 2.05) is 13.1 Å². The normalized spacial score (nSPS) is 27.8. The third kappa shape index (κ3) is 2.43. The lowest BCUT2D eigenvalue weighted by Crippen LogP contribution is -2.46. The van der Waals surface area contributed by atoms with Gasteiger partial charge in [-0.15, -0.1) is 0 Å². The molecule has 1 fully saturated rings. The molecule has 0 aromatic carbocycles. The van der Waals surface area contributed by atoms with Gasteiger partial charge in [0.05, 0.1) is 17.7 Å². The van der Waals surface area contributed by atoms with Crippen molar-refractivity contribution in [3.8, 4) is 0 Å². The van der Waals surface area contributed by atoms with Crippen LogP contribution in [0.5, 0.6) is 0 Å². The number of hydrogen-bond donors (Lipinski definition) is 1. The first kappa shape index (κ1) is 13.1. The number of nitrogens with zero attached hydrogens (tertiary/aromatic N) is 2. The first-order valence-corrected chi connectivity index (χ1v) is 6.53. The Hall–Kier alpha value is -1.29. The number of ketones is 1. The Morgan fingerprint density at radius 2 is 2.22 bits per heavy atom. The fraction of sp³-hybridized carbons (Fsp3) is 0.643. The standard InChI is InChI=1S/C14H21N3O/c1-14(2)7-4-5-10(12(18)13(14)15-3)11-6-8-16-9-17-11/h6,8-10,13,15H,4-5,7H2,1-3H3. The molecule has 0 spiro atoms. The molecule has 18 heavy (non-hydrogen) atoms. The van der Waals surface area contributed by atoms with Crippen molar-refractivity contribution in [3.05, 3.63) is 24.3 Å². The molecule has 0 amide bonds. The van der Waals surface area contributed by atoms with Crippen LogP contribution in [0, 0.1) is 5.41 Å². The van der Waals surface area contributed by atoms with Crippen molar-refractivity contribution < 1.29 is 4.79 Å². The molecule has 0 aliphatic heterocycles. The van der Waals surface area contributed by atoms with Crippen LogP contribution in [0.25, 0.3) is 0 Å². The molecular weight excluding hydrogens is 226 g/mol. The van der Waals surface area contributed by atoms with E-state index in [4.69, 9.17) is 0 Å². The predicted molar refractivity (Wildman–Crippen MR) is 70.3 cm³/mol. The molecule has 1 N–H and O–H groups in total. The minimum Gasteiger partial charge on any atom is -0.310 e. The monoisotopic (exact) mass is 247 g/mol. The second-order valence-corrected chi connectivity index (χ2v) is 5.69. The average molecular weight is 247 g/mol. The van der Waals surface area contributed by atoms with Gasteiger partial charge in [-0.2, -0.15) is 0 Å². The van der Waals surface area contributed by atoms with Gasteiger partial charge in [0.1, 0.15) is 6.33 Å². The Labute approximate surface area is 108 Å². The van der Waals surface area contributed by atoms with Crippen LogP contribution in [0.4, 0.5) is 0 Å². The highest BCUT2D eigenvalue weighted by Gasteiger charge is 2.40. The second-order valence-electron chi connectivity index (χ2n) is 5.69. The predicted octanol–water partition coefficient (Wildman–Crippen LogP) is 1.93. The summed E-state index contributed by atoms with van der Waals surface area (Å²) in [4.78, 5) is 20.8. The molecule has 1 aliphatic rings. The molecular formula is C14H21N3O. The number of hydrogen-bond acceptors (Lipinski definition) is 4. The number of carbonyl (C=O) groups is 1. The van der Waals surface area contributed by atoms with Gasteiger partial charge >= 0.3 is 0 Å². The van der Waals surface area contributed by atoms with E-state index in [-0.39, 0.29) is 23.2 Å². The zero-order valence-electron chi connectivity index (χ0n) is 11.3. The quantitative estimate of drug-likeness (QED) is 0.811. The fourth-order valence-electron chi connectivity index (χ4n) is 2.97. The Morgan fingerprint density at radius 1 is 1.44 bits per heavy atom. The topological polar surface area (TPSA) is 54.9 Å². The summed E-state index contributed by atoms with van der Waals surface area (Å²) in [6.45, 7) is 4.32. The maximum atomic E-state index is 12.7. The molecule has 1 aromatic rings. The third-order valence-corrected chi connectivity index (χ3v) is 3.97. The van der Waals surface area contributed by atoms with Crippen molar-refractivity contribution in [2.75, 3.05) is 7.05 Å². The average Bonchev–Trinajstić information content (AvgIpc) is 2.46. The summed E-state index contributed by atoms with van der Waals surface area (Å²) < 4.78 is 0. The molecule has 0 radical (unpaired) electrons. The molecule has 0 bridgehead atoms. The maximum absolute atomic E-state index is 12.7. The molecule has 2 unspecified atom stereocenters. The van der Waals surface area contributed by atoms with Crippen LogP contribution >= 0.6 is 0 Å². The van der Waals surface area contributed by atoms with E-state index in [1.54, 1.807) is 6.20 Å². The molecule has 1 saturated carbocycles. The van der Waals surface area contributed by atoms with Gasteiger partial charge in [-0.3, -0.25) is 4.79 Å². The van der Waals surface area contributed by atoms with Crippen molar-refractivity contribution in [3.63, 3.8) is 0 Å². The van der Waals surface area contributed by atoms with Crippen molar-refractivity contribution >= 4 is 5.78 Å². The van der Waals surface area contributed by atoms with Gasteiger partial charge in [0.25, 0.3) is 0 Å². The van der Waals surface area contributed by atoms with Gasteiger partial charge in [0.2, 0.25) is 0 Å². The molecule has 0 saturated heterocycles. The molecule has 4 nitrogen and oxygen atoms in total. The fourth-order valence-corrected chi connectivity index (χ4v) is 2.97. The summed E-state index contributed by atoms with van der Waals surface area (Å²) in [6, 6.07) is 1.76. The van der Waals surface area contributed by atoms with E-state index < -0.39 is 0 Å². The Balaban J connectivity index is 2.31. The first-order valence-electron chi connectivity index (χ1n) is 6.53. The Kier molecular flexibility index (Phi) is 3.76. The van der Waals surface area contributed by atoms with E-state index in [0.29, 0.717) is 0 Å². The van der Waals surface area contributed by atoms with Crippen molar-refractivity contribution in [1.29, 1.82) is 0 Å². The summed E-state index contributed by atoms with van der Waals surface area (Å²) in [6.07, 6.45) is 6.24. The number of carbonyl (C=O) groups excluding carboxylic acids is 1. The highest BCUT2D eigenvalue weighted by molar-refractivity contribution is 5.91. The highest BCUT2D eigenvalue weighted by atomic mass is 16.1. The smallest absolute Gasteiger partial charge is 0.159 e. The number of nitrogens with one attached hydrogen (secondary N) is 1. The van der Waals surface area contributed by atoms with Crippen molar-refractivity contribution in [1.82, 2.24) is 15.3 Å². The third-order valence-electron chi connectivity index (χ3n) is 3.97. The number of aromatic nitrogens is 2. The van der Waals surface area contributed by atoms with Gasteiger partial charge in [0, 0.05) is 6.20 Å². The van der Waals surface area contributed by atoms with E-state index in [9.17, 15) is 4.79 Å². The molecule has 1 aliphatic carbocycles.